The van der Waals surface area contributed by atoms with Crippen LogP contribution in [0.25, 0.3) is 0 Å². The van der Waals surface area contributed by atoms with Crippen LogP contribution in [-0.4, -0.2) is 37.2 Å². The minimum Gasteiger partial charge on any atom is -0.444 e. The Labute approximate surface area is 169 Å². The van der Waals surface area contributed by atoms with Crippen molar-refractivity contribution < 1.29 is 27.1 Å². The van der Waals surface area contributed by atoms with E-state index < -0.39 is 44.1 Å². The number of ether oxygens (including phenoxy) is 1. The number of carbonyl (C=O) groups excluding carboxylic acids is 2. The van der Waals surface area contributed by atoms with Crippen molar-refractivity contribution in [3.8, 4) is 0 Å². The lowest BCUT2D eigenvalue weighted by Crippen LogP contribution is -2.45. The zero-order valence-corrected chi connectivity index (χ0v) is 17.1. The summed E-state index contributed by atoms with van der Waals surface area (Å²) in [6.45, 7) is 4.94. The first-order valence-corrected chi connectivity index (χ1v) is 10.6. The molecule has 0 bridgehead atoms. The molecule has 29 heavy (non-hydrogen) atoms. The van der Waals surface area contributed by atoms with E-state index >= 15 is 0 Å². The topological polar surface area (TPSA) is 89.5 Å². The van der Waals surface area contributed by atoms with E-state index in [1.165, 1.54) is 36.4 Å². The number of sulfone groups is 1. The van der Waals surface area contributed by atoms with Gasteiger partial charge in [-0.05, 0) is 50.6 Å². The third kappa shape index (κ3) is 4.03. The van der Waals surface area contributed by atoms with E-state index in [-0.39, 0.29) is 4.90 Å². The Bertz CT molecular complexity index is 1030. The molecule has 0 aromatic heterocycles. The zero-order chi connectivity index (χ0) is 21.4. The van der Waals surface area contributed by atoms with Crippen LogP contribution < -0.4 is 5.32 Å². The highest BCUT2D eigenvalue weighted by atomic mass is 32.2. The highest BCUT2D eigenvalue weighted by molar-refractivity contribution is 7.92. The van der Waals surface area contributed by atoms with Gasteiger partial charge in [0.25, 0.3) is 0 Å². The Morgan fingerprint density at radius 1 is 1.14 bits per heavy atom. The molecule has 1 aliphatic rings. The van der Waals surface area contributed by atoms with Crippen LogP contribution >= 0.6 is 0 Å². The highest BCUT2D eigenvalue weighted by Crippen LogP contribution is 2.56. The van der Waals surface area contributed by atoms with Crippen LogP contribution in [0.5, 0.6) is 0 Å². The molecular weight excluding hydrogens is 397 g/mol. The number of hydrogen-bond acceptors (Lipinski definition) is 5. The van der Waals surface area contributed by atoms with Gasteiger partial charge in [-0.15, -0.1) is 0 Å². The summed E-state index contributed by atoms with van der Waals surface area (Å²) in [6.07, 6.45) is -0.519. The normalized spacial score (nSPS) is 23.9. The summed E-state index contributed by atoms with van der Waals surface area (Å²) in [5.41, 5.74) is -2.30. The number of benzene rings is 2. The van der Waals surface area contributed by atoms with Crippen LogP contribution in [0.1, 0.15) is 32.3 Å². The monoisotopic (exact) mass is 419 g/mol. The quantitative estimate of drug-likeness (QED) is 0.752. The fraction of sp³-hybridized carbons (Fsp3) is 0.333. The molecule has 1 fully saturated rings. The number of amides is 1. The predicted molar refractivity (Wildman–Crippen MR) is 105 cm³/mol. The van der Waals surface area contributed by atoms with Gasteiger partial charge < -0.3 is 14.8 Å². The third-order valence-electron chi connectivity index (χ3n) is 4.71. The lowest BCUT2D eigenvalue weighted by atomic mass is 10.1. The van der Waals surface area contributed by atoms with Crippen LogP contribution in [-0.2, 0) is 19.4 Å². The van der Waals surface area contributed by atoms with Crippen molar-refractivity contribution in [2.45, 2.75) is 48.0 Å². The minimum atomic E-state index is -4.01. The van der Waals surface area contributed by atoms with Gasteiger partial charge in [0.15, 0.2) is 9.84 Å². The summed E-state index contributed by atoms with van der Waals surface area (Å²) in [7, 11) is -4.01. The molecule has 2 aromatic rings. The number of halogens is 1. The first kappa shape index (κ1) is 21.0. The summed E-state index contributed by atoms with van der Waals surface area (Å²) in [6, 6.07) is 13.0. The first-order valence-electron chi connectivity index (χ1n) is 9.03. The molecule has 0 radical (unpaired) electrons. The van der Waals surface area contributed by atoms with Crippen LogP contribution in [0.15, 0.2) is 59.5 Å². The molecule has 0 heterocycles. The van der Waals surface area contributed by atoms with E-state index in [9.17, 15) is 22.4 Å². The molecule has 0 saturated heterocycles. The van der Waals surface area contributed by atoms with Gasteiger partial charge in [-0.1, -0.05) is 30.3 Å². The second kappa shape index (κ2) is 7.26. The molecule has 154 valence electrons. The molecular formula is C21H22FNO5S. The Kier molecular flexibility index (Phi) is 5.25. The lowest BCUT2D eigenvalue weighted by Gasteiger charge is -2.22. The van der Waals surface area contributed by atoms with Gasteiger partial charge in [0, 0.05) is 5.92 Å². The lowest BCUT2D eigenvalue weighted by molar-refractivity contribution is -0.110. The van der Waals surface area contributed by atoms with Gasteiger partial charge in [0.05, 0.1) is 4.90 Å². The minimum absolute atomic E-state index is 0.0149. The van der Waals surface area contributed by atoms with Crippen LogP contribution in [0.4, 0.5) is 9.18 Å². The molecule has 0 unspecified atom stereocenters. The number of hydrogen-bond donors (Lipinski definition) is 1. The zero-order valence-electron chi connectivity index (χ0n) is 16.3. The SMILES string of the molecule is CC(C)(C)OC(=O)N[C@]1(C=O)[C@@H](c2cccc(F)c2)[C@@H]1S(=O)(=O)c1ccccc1. The van der Waals surface area contributed by atoms with Crippen molar-refractivity contribution in [1.82, 2.24) is 5.32 Å². The number of aldehydes is 1. The fourth-order valence-corrected chi connectivity index (χ4v) is 5.78. The molecule has 1 amide bonds. The molecule has 8 heteroatoms. The smallest absolute Gasteiger partial charge is 0.408 e. The van der Waals surface area contributed by atoms with Gasteiger partial charge in [-0.3, -0.25) is 0 Å². The maximum atomic E-state index is 13.8. The average molecular weight is 419 g/mol. The molecule has 6 nitrogen and oxygen atoms in total. The van der Waals surface area contributed by atoms with E-state index in [0.717, 1.165) is 0 Å². The molecule has 1 saturated carbocycles. The van der Waals surface area contributed by atoms with Crippen molar-refractivity contribution in [3.05, 3.63) is 66.0 Å². The van der Waals surface area contributed by atoms with E-state index in [0.29, 0.717) is 11.8 Å². The number of nitrogens with one attached hydrogen (secondary N) is 1. The Morgan fingerprint density at radius 2 is 1.79 bits per heavy atom. The van der Waals surface area contributed by atoms with Gasteiger partial charge in [-0.25, -0.2) is 17.6 Å². The van der Waals surface area contributed by atoms with Crippen molar-refractivity contribution in [3.63, 3.8) is 0 Å². The maximum absolute atomic E-state index is 13.8. The molecule has 2 aromatic carbocycles. The summed E-state index contributed by atoms with van der Waals surface area (Å²) in [4.78, 5) is 24.5. The van der Waals surface area contributed by atoms with Crippen LogP contribution in [0.2, 0.25) is 0 Å². The molecule has 0 spiro atoms. The number of rotatable bonds is 5. The van der Waals surface area contributed by atoms with Crippen molar-refractivity contribution in [2.75, 3.05) is 0 Å². The molecule has 1 N–H and O–H groups in total. The largest absolute Gasteiger partial charge is 0.444 e. The number of alkyl carbamates (subject to hydrolysis) is 1. The summed E-state index contributed by atoms with van der Waals surface area (Å²) < 4.78 is 45.5. The fourth-order valence-electron chi connectivity index (χ4n) is 3.52. The van der Waals surface area contributed by atoms with Crippen LogP contribution in [0, 0.1) is 5.82 Å². The average Bonchev–Trinajstić information content (AvgIpc) is 3.30. The molecule has 3 rings (SSSR count). The second-order valence-electron chi connectivity index (χ2n) is 7.99. The van der Waals surface area contributed by atoms with Gasteiger partial charge in [-0.2, -0.15) is 0 Å². The van der Waals surface area contributed by atoms with Crippen molar-refractivity contribution in [2.24, 2.45) is 0 Å². The summed E-state index contributed by atoms with van der Waals surface area (Å²) in [5.74, 6) is -1.52. The van der Waals surface area contributed by atoms with Crippen molar-refractivity contribution in [1.29, 1.82) is 0 Å². The van der Waals surface area contributed by atoms with E-state index in [4.69, 9.17) is 4.74 Å². The second-order valence-corrected chi connectivity index (χ2v) is 10.1. The third-order valence-corrected chi connectivity index (χ3v) is 6.97. The summed E-state index contributed by atoms with van der Waals surface area (Å²) >= 11 is 0. The van der Waals surface area contributed by atoms with Gasteiger partial charge >= 0.3 is 6.09 Å². The molecule has 0 aliphatic heterocycles. The Hall–Kier alpha value is -2.74. The molecule has 3 atom stereocenters. The predicted octanol–water partition coefficient (Wildman–Crippen LogP) is 3.23. The number of carbonyl (C=O) groups is 2. The van der Waals surface area contributed by atoms with Crippen LogP contribution in [0.3, 0.4) is 0 Å². The van der Waals surface area contributed by atoms with Gasteiger partial charge in [0.1, 0.15) is 28.5 Å². The standard InChI is InChI=1S/C21H22FNO5S/c1-20(2,3)28-19(25)23-21(13-24)17(14-8-7-9-15(22)12-14)18(21)29(26,27)16-10-5-4-6-11-16/h4-13,17-18H,1-3H3,(H,23,25)/t17-,18-,21+/m0/s1. The Balaban J connectivity index is 2.05. The Morgan fingerprint density at radius 3 is 2.34 bits per heavy atom. The van der Waals surface area contributed by atoms with E-state index in [2.05, 4.69) is 5.32 Å². The highest BCUT2D eigenvalue weighted by Gasteiger charge is 2.73. The molecule has 1 aliphatic carbocycles. The maximum Gasteiger partial charge on any atom is 0.408 e. The van der Waals surface area contributed by atoms with Crippen molar-refractivity contribution >= 4 is 22.2 Å². The van der Waals surface area contributed by atoms with Gasteiger partial charge in [0.2, 0.25) is 0 Å². The van der Waals surface area contributed by atoms with E-state index in [1.807, 2.05) is 0 Å². The van der Waals surface area contributed by atoms with E-state index in [1.54, 1.807) is 39.0 Å². The first-order chi connectivity index (χ1) is 13.5. The summed E-state index contributed by atoms with van der Waals surface area (Å²) in [5, 5.41) is 1.15.